The molecule has 5 rings (SSSR count). The number of H-pyrrole nitrogens is 1. The second kappa shape index (κ2) is 4.44. The smallest absolute Gasteiger partial charge is 0.0702 e. The number of hydrogen-bond acceptors (Lipinski definition) is 1. The molecule has 2 aromatic carbocycles. The predicted molar refractivity (Wildman–Crippen MR) is 91.0 cm³/mol. The van der Waals surface area contributed by atoms with Crippen LogP contribution in [0.1, 0.15) is 24.3 Å². The quantitative estimate of drug-likeness (QED) is 0.534. The highest BCUT2D eigenvalue weighted by atomic mass is 14.7. The Hall–Kier alpha value is -2.61. The molecular formula is C20H16N2. The highest BCUT2D eigenvalue weighted by Crippen LogP contribution is 2.40. The van der Waals surface area contributed by atoms with Crippen molar-refractivity contribution in [1.29, 1.82) is 0 Å². The third-order valence-electron chi connectivity index (χ3n) is 4.64. The van der Waals surface area contributed by atoms with Crippen molar-refractivity contribution in [2.75, 3.05) is 0 Å². The fraction of sp³-hybridized carbons (Fsp3) is 0.150. The van der Waals surface area contributed by atoms with Crippen LogP contribution in [-0.2, 0) is 0 Å². The largest absolute Gasteiger partial charge is 0.354 e. The molecule has 22 heavy (non-hydrogen) atoms. The van der Waals surface area contributed by atoms with Gasteiger partial charge in [-0.15, -0.1) is 0 Å². The molecule has 2 heteroatoms. The van der Waals surface area contributed by atoms with E-state index in [0.717, 1.165) is 11.6 Å². The van der Waals surface area contributed by atoms with Gasteiger partial charge < -0.3 is 4.98 Å². The molecule has 1 fully saturated rings. The summed E-state index contributed by atoms with van der Waals surface area (Å²) in [5.41, 5.74) is 5.96. The van der Waals surface area contributed by atoms with Gasteiger partial charge in [0.15, 0.2) is 0 Å². The first-order chi connectivity index (χ1) is 10.9. The minimum absolute atomic E-state index is 0.762. The van der Waals surface area contributed by atoms with Crippen LogP contribution in [0.15, 0.2) is 60.8 Å². The van der Waals surface area contributed by atoms with Gasteiger partial charge in [-0.1, -0.05) is 36.4 Å². The Morgan fingerprint density at radius 1 is 0.864 bits per heavy atom. The van der Waals surface area contributed by atoms with E-state index in [1.807, 2.05) is 6.20 Å². The maximum Gasteiger partial charge on any atom is 0.0702 e. The SMILES string of the molecule is c1ccc2c(c1)[nH]c1cc(-c3ccc(C4CC4)cn3)ccc12. The number of nitrogens with zero attached hydrogens (tertiary/aromatic N) is 1. The number of para-hydroxylation sites is 1. The first-order valence-corrected chi connectivity index (χ1v) is 7.85. The van der Waals surface area contributed by atoms with Crippen LogP contribution < -0.4 is 0 Å². The van der Waals surface area contributed by atoms with Crippen LogP contribution in [0.5, 0.6) is 0 Å². The van der Waals surface area contributed by atoms with E-state index in [9.17, 15) is 0 Å². The van der Waals surface area contributed by atoms with E-state index >= 15 is 0 Å². The zero-order valence-electron chi connectivity index (χ0n) is 12.2. The fourth-order valence-electron chi connectivity index (χ4n) is 3.25. The lowest BCUT2D eigenvalue weighted by atomic mass is 10.1. The van der Waals surface area contributed by atoms with Crippen molar-refractivity contribution in [2.45, 2.75) is 18.8 Å². The Labute approximate surface area is 128 Å². The van der Waals surface area contributed by atoms with E-state index in [1.165, 1.54) is 45.8 Å². The van der Waals surface area contributed by atoms with Gasteiger partial charge in [0.2, 0.25) is 0 Å². The molecule has 0 radical (unpaired) electrons. The van der Waals surface area contributed by atoms with Crippen molar-refractivity contribution in [1.82, 2.24) is 9.97 Å². The third-order valence-corrected chi connectivity index (χ3v) is 4.64. The van der Waals surface area contributed by atoms with Crippen molar-refractivity contribution < 1.29 is 0 Å². The van der Waals surface area contributed by atoms with Crippen molar-refractivity contribution in [3.8, 4) is 11.3 Å². The summed E-state index contributed by atoms with van der Waals surface area (Å²) in [6.45, 7) is 0. The lowest BCUT2D eigenvalue weighted by molar-refractivity contribution is 1.10. The van der Waals surface area contributed by atoms with Crippen LogP contribution in [0.3, 0.4) is 0 Å². The van der Waals surface area contributed by atoms with E-state index in [4.69, 9.17) is 0 Å². The molecule has 106 valence electrons. The molecule has 1 saturated carbocycles. The maximum absolute atomic E-state index is 4.66. The molecule has 2 aromatic heterocycles. The van der Waals surface area contributed by atoms with Crippen LogP contribution in [0.25, 0.3) is 33.1 Å². The molecule has 1 aliphatic carbocycles. The van der Waals surface area contributed by atoms with Gasteiger partial charge in [-0.2, -0.15) is 0 Å². The van der Waals surface area contributed by atoms with Gasteiger partial charge in [-0.05, 0) is 42.5 Å². The van der Waals surface area contributed by atoms with Crippen molar-refractivity contribution in [3.63, 3.8) is 0 Å². The Kier molecular flexibility index (Phi) is 2.42. The number of fused-ring (bicyclic) bond motifs is 3. The van der Waals surface area contributed by atoms with Crippen molar-refractivity contribution in [2.24, 2.45) is 0 Å². The van der Waals surface area contributed by atoms with Crippen LogP contribution in [0.2, 0.25) is 0 Å². The zero-order chi connectivity index (χ0) is 14.5. The average Bonchev–Trinajstić information content (AvgIpc) is 3.35. The summed E-state index contributed by atoms with van der Waals surface area (Å²) in [5, 5.41) is 2.55. The number of hydrogen-bond donors (Lipinski definition) is 1. The average molecular weight is 284 g/mol. The number of rotatable bonds is 2. The van der Waals surface area contributed by atoms with Gasteiger partial charge >= 0.3 is 0 Å². The van der Waals surface area contributed by atoms with Gasteiger partial charge in [-0.25, -0.2) is 0 Å². The molecule has 0 atom stereocenters. The van der Waals surface area contributed by atoms with Gasteiger partial charge in [0.25, 0.3) is 0 Å². The molecular weight excluding hydrogens is 268 g/mol. The maximum atomic E-state index is 4.66. The van der Waals surface area contributed by atoms with E-state index in [-0.39, 0.29) is 0 Å². The van der Waals surface area contributed by atoms with Gasteiger partial charge in [-0.3, -0.25) is 4.98 Å². The second-order valence-electron chi connectivity index (χ2n) is 6.18. The summed E-state index contributed by atoms with van der Waals surface area (Å²) in [5.74, 6) is 0.762. The van der Waals surface area contributed by atoms with Crippen molar-refractivity contribution >= 4 is 21.8 Å². The Morgan fingerprint density at radius 2 is 1.73 bits per heavy atom. The summed E-state index contributed by atoms with van der Waals surface area (Å²) in [7, 11) is 0. The van der Waals surface area contributed by atoms with E-state index in [2.05, 4.69) is 64.6 Å². The molecule has 0 saturated heterocycles. The second-order valence-corrected chi connectivity index (χ2v) is 6.18. The minimum Gasteiger partial charge on any atom is -0.354 e. The van der Waals surface area contributed by atoms with Gasteiger partial charge in [0, 0.05) is 33.6 Å². The van der Waals surface area contributed by atoms with Crippen LogP contribution in [-0.4, -0.2) is 9.97 Å². The summed E-state index contributed by atoms with van der Waals surface area (Å²) in [6, 6.07) is 19.4. The topological polar surface area (TPSA) is 28.7 Å². The number of benzene rings is 2. The van der Waals surface area contributed by atoms with Crippen LogP contribution in [0.4, 0.5) is 0 Å². The molecule has 4 aromatic rings. The van der Waals surface area contributed by atoms with Gasteiger partial charge in [0.1, 0.15) is 0 Å². The highest BCUT2D eigenvalue weighted by Gasteiger charge is 2.23. The number of aromatic nitrogens is 2. The number of pyridine rings is 1. The Morgan fingerprint density at radius 3 is 2.55 bits per heavy atom. The Balaban J connectivity index is 1.63. The summed E-state index contributed by atoms with van der Waals surface area (Å²) >= 11 is 0. The Bertz CT molecular complexity index is 976. The fourth-order valence-corrected chi connectivity index (χ4v) is 3.25. The molecule has 0 unspecified atom stereocenters. The van der Waals surface area contributed by atoms with Crippen molar-refractivity contribution in [3.05, 3.63) is 66.4 Å². The number of nitrogens with one attached hydrogen (secondary N) is 1. The lowest BCUT2D eigenvalue weighted by Gasteiger charge is -2.03. The van der Waals surface area contributed by atoms with E-state index < -0.39 is 0 Å². The molecule has 1 aliphatic rings. The zero-order valence-corrected chi connectivity index (χ0v) is 12.2. The summed E-state index contributed by atoms with van der Waals surface area (Å²) in [4.78, 5) is 8.16. The van der Waals surface area contributed by atoms with Crippen LogP contribution >= 0.6 is 0 Å². The van der Waals surface area contributed by atoms with Crippen LogP contribution in [0, 0.1) is 0 Å². The lowest BCUT2D eigenvalue weighted by Crippen LogP contribution is -1.86. The molecule has 0 bridgehead atoms. The third kappa shape index (κ3) is 1.84. The first-order valence-electron chi connectivity index (χ1n) is 7.85. The standard InChI is InChI=1S/C20H16N2/c1-2-4-19-16(3-1)17-9-7-14(11-20(17)22-19)18-10-8-15(12-21-18)13-5-6-13/h1-4,7-13,22H,5-6H2. The molecule has 0 aliphatic heterocycles. The molecule has 0 spiro atoms. The summed E-state index contributed by atoms with van der Waals surface area (Å²) in [6.07, 6.45) is 4.69. The number of aromatic amines is 1. The van der Waals surface area contributed by atoms with E-state index in [1.54, 1.807) is 0 Å². The van der Waals surface area contributed by atoms with Gasteiger partial charge in [0.05, 0.1) is 5.69 Å². The molecule has 1 N–H and O–H groups in total. The molecule has 2 nitrogen and oxygen atoms in total. The van der Waals surface area contributed by atoms with E-state index in [0.29, 0.717) is 0 Å². The molecule has 0 amide bonds. The first kappa shape index (κ1) is 12.0. The normalized spacial score (nSPS) is 14.7. The predicted octanol–water partition coefficient (Wildman–Crippen LogP) is 5.26. The molecule has 2 heterocycles. The minimum atomic E-state index is 0.762. The summed E-state index contributed by atoms with van der Waals surface area (Å²) < 4.78 is 0. The monoisotopic (exact) mass is 284 g/mol. The highest BCUT2D eigenvalue weighted by molar-refractivity contribution is 6.08.